The number of nitrogens with zero attached hydrogens (tertiary/aromatic N) is 3. The van der Waals surface area contributed by atoms with Gasteiger partial charge >= 0.3 is 5.69 Å². The molecule has 0 aliphatic carbocycles. The molecule has 0 saturated carbocycles. The molecule has 7 nitrogen and oxygen atoms in total. The number of hydrogen-bond donors (Lipinski definition) is 0. The molecule has 0 amide bonds. The number of nitro benzene ring substituents is 1. The van der Waals surface area contributed by atoms with E-state index in [9.17, 15) is 10.1 Å². The molecule has 0 fully saturated rings. The Kier molecular flexibility index (Phi) is 3.99. The third kappa shape index (κ3) is 2.62. The first-order valence-electron chi connectivity index (χ1n) is 5.51. The zero-order chi connectivity index (χ0) is 14.7. The zero-order valence-electron chi connectivity index (χ0n) is 10.7. The number of rotatable bonds is 4. The fourth-order valence-electron chi connectivity index (χ4n) is 1.59. The molecule has 2 aromatic rings. The maximum Gasteiger partial charge on any atom is 0.311 e. The summed E-state index contributed by atoms with van der Waals surface area (Å²) in [4.78, 5) is 18.1. The van der Waals surface area contributed by atoms with Crippen LogP contribution in [0, 0.1) is 17.0 Å². The minimum absolute atomic E-state index is 0.0184. The normalized spacial score (nSPS) is 10.2. The van der Waals surface area contributed by atoms with Gasteiger partial charge in [0.1, 0.15) is 6.33 Å². The molecule has 0 saturated heterocycles. The second-order valence-corrected chi connectivity index (χ2v) is 4.14. The van der Waals surface area contributed by atoms with Gasteiger partial charge < -0.3 is 9.47 Å². The minimum atomic E-state index is -0.530. The fourth-order valence-corrected chi connectivity index (χ4v) is 1.79. The number of halogens is 1. The van der Waals surface area contributed by atoms with E-state index in [1.807, 2.05) is 0 Å². The van der Waals surface area contributed by atoms with Crippen LogP contribution in [-0.4, -0.2) is 22.0 Å². The number of hydrogen-bond acceptors (Lipinski definition) is 6. The number of ether oxygens (including phenoxy) is 2. The summed E-state index contributed by atoms with van der Waals surface area (Å²) >= 11 is 5.85. The van der Waals surface area contributed by atoms with Crippen LogP contribution in [0.4, 0.5) is 5.69 Å². The summed E-state index contributed by atoms with van der Waals surface area (Å²) in [6.45, 7) is 1.69. The molecule has 2 rings (SSSR count). The molecule has 0 unspecified atom stereocenters. The zero-order valence-corrected chi connectivity index (χ0v) is 11.4. The van der Waals surface area contributed by atoms with Crippen LogP contribution in [0.25, 0.3) is 0 Å². The van der Waals surface area contributed by atoms with E-state index in [0.717, 1.165) is 0 Å². The average Bonchev–Trinajstić information content (AvgIpc) is 2.41. The number of methoxy groups -OCH3 is 1. The maximum absolute atomic E-state index is 11.0. The van der Waals surface area contributed by atoms with Crippen LogP contribution in [0.2, 0.25) is 5.15 Å². The van der Waals surface area contributed by atoms with Gasteiger partial charge in [-0.25, -0.2) is 4.98 Å². The van der Waals surface area contributed by atoms with Gasteiger partial charge in [-0.05, 0) is 12.5 Å². The van der Waals surface area contributed by atoms with Gasteiger partial charge in [-0.2, -0.15) is 4.98 Å². The third-order valence-corrected chi connectivity index (χ3v) is 2.79. The van der Waals surface area contributed by atoms with E-state index in [1.165, 1.54) is 19.5 Å². The van der Waals surface area contributed by atoms with Gasteiger partial charge in [0.25, 0.3) is 5.88 Å². The molecule has 8 heteroatoms. The van der Waals surface area contributed by atoms with Crippen LogP contribution < -0.4 is 9.47 Å². The lowest BCUT2D eigenvalue weighted by atomic mass is 10.2. The molecule has 0 atom stereocenters. The Morgan fingerprint density at radius 1 is 1.30 bits per heavy atom. The summed E-state index contributed by atoms with van der Waals surface area (Å²) in [5, 5.41) is 11.1. The van der Waals surface area contributed by atoms with Crippen LogP contribution in [0.15, 0.2) is 24.5 Å². The second-order valence-electron chi connectivity index (χ2n) is 3.79. The van der Waals surface area contributed by atoms with Crippen molar-refractivity contribution in [3.8, 4) is 17.4 Å². The van der Waals surface area contributed by atoms with Gasteiger partial charge in [-0.3, -0.25) is 10.1 Å². The highest BCUT2D eigenvalue weighted by Gasteiger charge is 2.21. The first kappa shape index (κ1) is 14.0. The van der Waals surface area contributed by atoms with E-state index in [2.05, 4.69) is 9.97 Å². The van der Waals surface area contributed by atoms with Crippen molar-refractivity contribution in [3.63, 3.8) is 0 Å². The molecule has 1 aromatic heterocycles. The molecule has 0 radical (unpaired) electrons. The molecule has 0 aliphatic heterocycles. The standard InChI is InChI=1S/C12H10ClN3O4/c1-7-4-3-5-8(16(17)18)9(7)20-12-10(19-2)11(13)14-6-15-12/h3-6H,1-2H3. The number of benzene rings is 1. The Bertz CT molecular complexity index is 663. The SMILES string of the molecule is COc1c(Cl)ncnc1Oc1c(C)cccc1[N+](=O)[O-]. The van der Waals surface area contributed by atoms with Gasteiger partial charge in [0, 0.05) is 6.07 Å². The molecular weight excluding hydrogens is 286 g/mol. The lowest BCUT2D eigenvalue weighted by molar-refractivity contribution is -0.385. The molecule has 0 N–H and O–H groups in total. The smallest absolute Gasteiger partial charge is 0.311 e. The van der Waals surface area contributed by atoms with Gasteiger partial charge in [0.2, 0.25) is 11.5 Å². The van der Waals surface area contributed by atoms with Crippen LogP contribution in [0.1, 0.15) is 5.56 Å². The van der Waals surface area contributed by atoms with Crippen molar-refractivity contribution < 1.29 is 14.4 Å². The van der Waals surface area contributed by atoms with E-state index in [0.29, 0.717) is 5.56 Å². The Morgan fingerprint density at radius 2 is 2.05 bits per heavy atom. The molecule has 0 aliphatic rings. The fraction of sp³-hybridized carbons (Fsp3) is 0.167. The largest absolute Gasteiger partial charge is 0.489 e. The summed E-state index contributed by atoms with van der Waals surface area (Å²) in [5.41, 5.74) is 0.428. The molecular formula is C12H10ClN3O4. The number of aryl methyl sites for hydroxylation is 1. The average molecular weight is 296 g/mol. The maximum atomic E-state index is 11.0. The van der Waals surface area contributed by atoms with Crippen LogP contribution >= 0.6 is 11.6 Å². The van der Waals surface area contributed by atoms with Gasteiger partial charge in [0.15, 0.2) is 5.15 Å². The lowest BCUT2D eigenvalue weighted by Gasteiger charge is -2.11. The van der Waals surface area contributed by atoms with E-state index in [1.54, 1.807) is 19.1 Å². The van der Waals surface area contributed by atoms with Gasteiger partial charge in [-0.1, -0.05) is 23.7 Å². The Morgan fingerprint density at radius 3 is 2.70 bits per heavy atom. The predicted molar refractivity (Wildman–Crippen MR) is 71.5 cm³/mol. The predicted octanol–water partition coefficient (Wildman–Crippen LogP) is 3.15. The van der Waals surface area contributed by atoms with E-state index >= 15 is 0 Å². The highest BCUT2D eigenvalue weighted by Crippen LogP contribution is 2.38. The Balaban J connectivity index is 2.50. The molecule has 1 heterocycles. The highest BCUT2D eigenvalue weighted by molar-refractivity contribution is 6.31. The van der Waals surface area contributed by atoms with E-state index in [4.69, 9.17) is 21.1 Å². The molecule has 0 spiro atoms. The second kappa shape index (κ2) is 5.70. The van der Waals surface area contributed by atoms with Crippen molar-refractivity contribution in [2.75, 3.05) is 7.11 Å². The molecule has 1 aromatic carbocycles. The van der Waals surface area contributed by atoms with Gasteiger partial charge in [0.05, 0.1) is 12.0 Å². The van der Waals surface area contributed by atoms with E-state index in [-0.39, 0.29) is 28.2 Å². The van der Waals surface area contributed by atoms with Crippen molar-refractivity contribution in [2.24, 2.45) is 0 Å². The summed E-state index contributed by atoms with van der Waals surface area (Å²) in [5.74, 6) is 0.224. The number of nitro groups is 1. The van der Waals surface area contributed by atoms with E-state index < -0.39 is 4.92 Å². The first-order valence-corrected chi connectivity index (χ1v) is 5.88. The Labute approximate surface area is 119 Å². The Hall–Kier alpha value is -2.41. The summed E-state index contributed by atoms with van der Waals surface area (Å²) in [6.07, 6.45) is 1.18. The van der Waals surface area contributed by atoms with Crippen LogP contribution in [0.5, 0.6) is 17.4 Å². The van der Waals surface area contributed by atoms with Gasteiger partial charge in [-0.15, -0.1) is 0 Å². The summed E-state index contributed by atoms with van der Waals surface area (Å²) in [6, 6.07) is 4.61. The van der Waals surface area contributed by atoms with Crippen molar-refractivity contribution in [3.05, 3.63) is 45.4 Å². The lowest BCUT2D eigenvalue weighted by Crippen LogP contribution is -1.99. The molecule has 20 heavy (non-hydrogen) atoms. The number of para-hydroxylation sites is 1. The van der Waals surface area contributed by atoms with Crippen molar-refractivity contribution in [1.82, 2.24) is 9.97 Å². The monoisotopic (exact) mass is 295 g/mol. The molecule has 104 valence electrons. The number of aromatic nitrogens is 2. The summed E-state index contributed by atoms with van der Waals surface area (Å²) in [7, 11) is 1.38. The van der Waals surface area contributed by atoms with Crippen molar-refractivity contribution >= 4 is 17.3 Å². The quantitative estimate of drug-likeness (QED) is 0.489. The van der Waals surface area contributed by atoms with Crippen molar-refractivity contribution in [1.29, 1.82) is 0 Å². The summed E-state index contributed by atoms with van der Waals surface area (Å²) < 4.78 is 10.5. The molecule has 0 bridgehead atoms. The van der Waals surface area contributed by atoms with Crippen molar-refractivity contribution in [2.45, 2.75) is 6.92 Å². The third-order valence-electron chi connectivity index (χ3n) is 2.52. The highest BCUT2D eigenvalue weighted by atomic mass is 35.5. The minimum Gasteiger partial charge on any atom is -0.489 e. The topological polar surface area (TPSA) is 87.4 Å². The van der Waals surface area contributed by atoms with Crippen LogP contribution in [0.3, 0.4) is 0 Å². The van der Waals surface area contributed by atoms with Crippen LogP contribution in [-0.2, 0) is 0 Å². The first-order chi connectivity index (χ1) is 9.54.